The zero-order valence-electron chi connectivity index (χ0n) is 9.87. The van der Waals surface area contributed by atoms with Crippen molar-refractivity contribution in [3.8, 4) is 0 Å². The molecule has 1 aliphatic heterocycles. The third-order valence-corrected chi connectivity index (χ3v) is 2.84. The Balaban J connectivity index is 2.13. The van der Waals surface area contributed by atoms with Gasteiger partial charge >= 0.3 is 5.97 Å². The van der Waals surface area contributed by atoms with Crippen molar-refractivity contribution in [2.45, 2.75) is 19.4 Å². The second kappa shape index (κ2) is 4.62. The molecule has 0 spiro atoms. The van der Waals surface area contributed by atoms with E-state index in [-0.39, 0.29) is 12.6 Å². The van der Waals surface area contributed by atoms with Gasteiger partial charge in [-0.15, -0.1) is 10.2 Å². The summed E-state index contributed by atoms with van der Waals surface area (Å²) in [7, 11) is 1.71. The van der Waals surface area contributed by atoms with Crippen LogP contribution in [0, 0.1) is 0 Å². The Morgan fingerprint density at radius 3 is 3.00 bits per heavy atom. The van der Waals surface area contributed by atoms with Crippen LogP contribution in [0.4, 0.5) is 0 Å². The Labute approximate surface area is 98.7 Å². The van der Waals surface area contributed by atoms with Gasteiger partial charge in [0.25, 0.3) is 0 Å². The average molecular weight is 237 g/mol. The SMILES string of the molecule is CC1CC=C(c2nnn(C)n2)CN1CC(=O)O. The van der Waals surface area contributed by atoms with Crippen molar-refractivity contribution in [3.63, 3.8) is 0 Å². The zero-order chi connectivity index (χ0) is 12.4. The highest BCUT2D eigenvalue weighted by Gasteiger charge is 2.23. The molecule has 1 aliphatic rings. The fourth-order valence-corrected chi connectivity index (χ4v) is 1.86. The number of hydrogen-bond donors (Lipinski definition) is 1. The molecule has 0 bridgehead atoms. The number of aryl methyl sites for hydroxylation is 1. The van der Waals surface area contributed by atoms with E-state index in [0.29, 0.717) is 12.4 Å². The predicted molar refractivity (Wildman–Crippen MR) is 60.1 cm³/mol. The molecule has 1 unspecified atom stereocenters. The monoisotopic (exact) mass is 237 g/mol. The van der Waals surface area contributed by atoms with Gasteiger partial charge in [-0.3, -0.25) is 9.69 Å². The van der Waals surface area contributed by atoms with E-state index < -0.39 is 5.97 Å². The maximum Gasteiger partial charge on any atom is 0.317 e. The molecule has 2 heterocycles. The molecule has 1 atom stereocenters. The van der Waals surface area contributed by atoms with Crippen molar-refractivity contribution in [2.24, 2.45) is 7.05 Å². The van der Waals surface area contributed by atoms with Crippen LogP contribution in [0.5, 0.6) is 0 Å². The smallest absolute Gasteiger partial charge is 0.317 e. The normalized spacial score (nSPS) is 21.3. The van der Waals surface area contributed by atoms with Crippen molar-refractivity contribution < 1.29 is 9.90 Å². The third kappa shape index (κ3) is 2.68. The van der Waals surface area contributed by atoms with E-state index in [9.17, 15) is 4.79 Å². The molecule has 0 radical (unpaired) electrons. The van der Waals surface area contributed by atoms with Gasteiger partial charge in [-0.1, -0.05) is 6.08 Å². The van der Waals surface area contributed by atoms with Gasteiger partial charge in [0.15, 0.2) is 0 Å². The minimum Gasteiger partial charge on any atom is -0.480 e. The molecule has 17 heavy (non-hydrogen) atoms. The summed E-state index contributed by atoms with van der Waals surface area (Å²) in [6.45, 7) is 2.61. The van der Waals surface area contributed by atoms with E-state index in [2.05, 4.69) is 21.5 Å². The summed E-state index contributed by atoms with van der Waals surface area (Å²) in [5.74, 6) is -0.236. The Kier molecular flexibility index (Phi) is 3.19. The van der Waals surface area contributed by atoms with Crippen molar-refractivity contribution in [1.29, 1.82) is 0 Å². The zero-order valence-corrected chi connectivity index (χ0v) is 9.87. The van der Waals surface area contributed by atoms with Gasteiger partial charge in [0.2, 0.25) is 5.82 Å². The number of tetrazole rings is 1. The summed E-state index contributed by atoms with van der Waals surface area (Å²) in [5.41, 5.74) is 0.942. The first-order chi connectivity index (χ1) is 8.06. The van der Waals surface area contributed by atoms with Crippen LogP contribution in [0.1, 0.15) is 19.2 Å². The van der Waals surface area contributed by atoms with Crippen molar-refractivity contribution in [2.75, 3.05) is 13.1 Å². The molecular weight excluding hydrogens is 222 g/mol. The van der Waals surface area contributed by atoms with Crippen LogP contribution >= 0.6 is 0 Å². The van der Waals surface area contributed by atoms with E-state index in [4.69, 9.17) is 5.11 Å². The van der Waals surface area contributed by atoms with Gasteiger partial charge in [-0.2, -0.15) is 4.80 Å². The Hall–Kier alpha value is -1.76. The maximum absolute atomic E-state index is 10.8. The lowest BCUT2D eigenvalue weighted by atomic mass is 10.0. The summed E-state index contributed by atoms with van der Waals surface area (Å²) >= 11 is 0. The molecule has 0 saturated heterocycles. The number of carbonyl (C=O) groups is 1. The van der Waals surface area contributed by atoms with Gasteiger partial charge in [-0.05, 0) is 18.6 Å². The van der Waals surface area contributed by atoms with Gasteiger partial charge < -0.3 is 5.11 Å². The minimum absolute atomic E-state index is 0.0404. The van der Waals surface area contributed by atoms with Crippen LogP contribution in [0.15, 0.2) is 6.08 Å². The highest BCUT2D eigenvalue weighted by molar-refractivity contribution is 5.70. The largest absolute Gasteiger partial charge is 0.480 e. The van der Waals surface area contributed by atoms with Crippen LogP contribution in [0.25, 0.3) is 5.57 Å². The lowest BCUT2D eigenvalue weighted by Gasteiger charge is -2.30. The molecule has 0 amide bonds. The second-order valence-corrected chi connectivity index (χ2v) is 4.22. The van der Waals surface area contributed by atoms with Gasteiger partial charge in [0.1, 0.15) is 0 Å². The molecule has 7 nitrogen and oxygen atoms in total. The van der Waals surface area contributed by atoms with E-state index in [1.54, 1.807) is 7.05 Å². The Morgan fingerprint density at radius 1 is 1.65 bits per heavy atom. The summed E-state index contributed by atoms with van der Waals surface area (Å²) in [6.07, 6.45) is 2.86. The number of hydrogen-bond acceptors (Lipinski definition) is 5. The van der Waals surface area contributed by atoms with E-state index in [1.807, 2.05) is 11.8 Å². The molecule has 0 aromatic carbocycles. The first-order valence-electron chi connectivity index (χ1n) is 5.45. The summed E-state index contributed by atoms with van der Waals surface area (Å²) in [5, 5.41) is 20.7. The molecule has 1 aromatic rings. The van der Waals surface area contributed by atoms with Crippen molar-refractivity contribution in [3.05, 3.63) is 11.9 Å². The number of aliphatic carboxylic acids is 1. The minimum atomic E-state index is -0.815. The average Bonchev–Trinajstić information content (AvgIpc) is 2.67. The molecule has 7 heteroatoms. The van der Waals surface area contributed by atoms with Crippen LogP contribution in [0.3, 0.4) is 0 Å². The van der Waals surface area contributed by atoms with Gasteiger partial charge in [-0.25, -0.2) is 0 Å². The number of rotatable bonds is 3. The first-order valence-corrected chi connectivity index (χ1v) is 5.45. The highest BCUT2D eigenvalue weighted by Crippen LogP contribution is 2.20. The molecule has 2 rings (SSSR count). The number of carboxylic acid groups (broad SMARTS) is 1. The number of aromatic nitrogens is 4. The van der Waals surface area contributed by atoms with Crippen LogP contribution in [-0.2, 0) is 11.8 Å². The van der Waals surface area contributed by atoms with Crippen LogP contribution in [-0.4, -0.2) is 55.3 Å². The lowest BCUT2D eigenvalue weighted by Crippen LogP contribution is -2.40. The number of nitrogens with zero attached hydrogens (tertiary/aromatic N) is 5. The van der Waals surface area contributed by atoms with E-state index in [1.165, 1.54) is 4.80 Å². The van der Waals surface area contributed by atoms with Crippen molar-refractivity contribution >= 4 is 11.5 Å². The van der Waals surface area contributed by atoms with E-state index in [0.717, 1.165) is 12.0 Å². The number of carboxylic acids is 1. The highest BCUT2D eigenvalue weighted by atomic mass is 16.4. The van der Waals surface area contributed by atoms with Gasteiger partial charge in [0, 0.05) is 18.2 Å². The van der Waals surface area contributed by atoms with Gasteiger partial charge in [0.05, 0.1) is 13.6 Å². The molecule has 0 fully saturated rings. The third-order valence-electron chi connectivity index (χ3n) is 2.84. The first kappa shape index (κ1) is 11.7. The van der Waals surface area contributed by atoms with Crippen LogP contribution < -0.4 is 0 Å². The molecule has 1 aromatic heterocycles. The molecule has 0 saturated carbocycles. The van der Waals surface area contributed by atoms with E-state index >= 15 is 0 Å². The lowest BCUT2D eigenvalue weighted by molar-refractivity contribution is -0.138. The standard InChI is InChI=1S/C10H15N5O2/c1-7-3-4-8(5-15(7)6-9(16)17)10-11-13-14(2)12-10/h4,7H,3,5-6H2,1-2H3,(H,16,17). The van der Waals surface area contributed by atoms with Crippen molar-refractivity contribution in [1.82, 2.24) is 25.1 Å². The fraction of sp³-hybridized carbons (Fsp3) is 0.600. The summed E-state index contributed by atoms with van der Waals surface area (Å²) in [4.78, 5) is 14.0. The van der Waals surface area contributed by atoms with Crippen LogP contribution in [0.2, 0.25) is 0 Å². The quantitative estimate of drug-likeness (QED) is 0.782. The molecular formula is C10H15N5O2. The maximum atomic E-state index is 10.8. The fourth-order valence-electron chi connectivity index (χ4n) is 1.86. The molecule has 0 aliphatic carbocycles. The second-order valence-electron chi connectivity index (χ2n) is 4.22. The summed E-state index contributed by atoms with van der Waals surface area (Å²) in [6, 6.07) is 0.228. The Morgan fingerprint density at radius 2 is 2.41 bits per heavy atom. The predicted octanol–water partition coefficient (Wildman–Crippen LogP) is -0.228. The molecule has 1 N–H and O–H groups in total. The Bertz CT molecular complexity index is 453. The topological polar surface area (TPSA) is 84.1 Å². The summed E-state index contributed by atoms with van der Waals surface area (Å²) < 4.78 is 0. The molecule has 92 valence electrons.